The Morgan fingerprint density at radius 3 is 2.16 bits per heavy atom. The van der Waals surface area contributed by atoms with E-state index in [0.717, 1.165) is 21.7 Å². The monoisotopic (exact) mass is 274 g/mol. The fourth-order valence-corrected chi connectivity index (χ4v) is 2.56. The molecule has 2 aromatic carbocycles. The minimum atomic E-state index is -0.0905. The summed E-state index contributed by atoms with van der Waals surface area (Å²) in [5.41, 5.74) is 8.61. The molecule has 0 aliphatic heterocycles. The van der Waals surface area contributed by atoms with Gasteiger partial charge in [0, 0.05) is 5.02 Å². The second-order valence-corrected chi connectivity index (χ2v) is 5.24. The van der Waals surface area contributed by atoms with Crippen LogP contribution in [0, 0.1) is 20.8 Å². The minimum Gasteiger partial charge on any atom is -0.271 e. The average Bonchev–Trinajstić information content (AvgIpc) is 2.40. The zero-order chi connectivity index (χ0) is 14.0. The van der Waals surface area contributed by atoms with E-state index in [0.29, 0.717) is 0 Å². The summed E-state index contributed by atoms with van der Waals surface area (Å²) in [6.45, 7) is 6.21. The number of halogens is 1. The number of benzene rings is 2. The SMILES string of the molecule is Cc1cccc(C(NN)c2cccc(C)c2Cl)c1C. The number of nitrogens with one attached hydrogen (secondary N) is 1. The van der Waals surface area contributed by atoms with Crippen molar-refractivity contribution in [2.45, 2.75) is 26.8 Å². The maximum Gasteiger partial charge on any atom is 0.0727 e. The summed E-state index contributed by atoms with van der Waals surface area (Å²) in [5, 5.41) is 0.770. The van der Waals surface area contributed by atoms with Crippen LogP contribution >= 0.6 is 11.6 Å². The highest BCUT2D eigenvalue weighted by molar-refractivity contribution is 6.32. The molecule has 0 radical (unpaired) electrons. The van der Waals surface area contributed by atoms with Crippen molar-refractivity contribution in [3.8, 4) is 0 Å². The zero-order valence-corrected chi connectivity index (χ0v) is 12.3. The van der Waals surface area contributed by atoms with Gasteiger partial charge in [0.2, 0.25) is 0 Å². The maximum atomic E-state index is 6.41. The van der Waals surface area contributed by atoms with E-state index in [2.05, 4.69) is 31.4 Å². The number of hydrogen-bond acceptors (Lipinski definition) is 2. The quantitative estimate of drug-likeness (QED) is 0.660. The van der Waals surface area contributed by atoms with Gasteiger partial charge in [-0.3, -0.25) is 5.84 Å². The molecule has 0 amide bonds. The number of aryl methyl sites for hydroxylation is 2. The zero-order valence-electron chi connectivity index (χ0n) is 11.5. The standard InChI is InChI=1S/C16H19ClN2/c1-10-6-4-8-13(12(10)3)16(19-18)14-9-5-7-11(2)15(14)17/h4-9,16,19H,18H2,1-3H3. The third-order valence-electron chi connectivity index (χ3n) is 3.66. The first-order valence-corrected chi connectivity index (χ1v) is 6.71. The van der Waals surface area contributed by atoms with Gasteiger partial charge in [0.25, 0.3) is 0 Å². The van der Waals surface area contributed by atoms with Crippen LogP contribution in [0.4, 0.5) is 0 Å². The van der Waals surface area contributed by atoms with Crippen molar-refractivity contribution < 1.29 is 0 Å². The molecule has 0 bridgehead atoms. The van der Waals surface area contributed by atoms with Gasteiger partial charge in [-0.25, -0.2) is 5.43 Å². The third-order valence-corrected chi connectivity index (χ3v) is 4.17. The van der Waals surface area contributed by atoms with Gasteiger partial charge in [-0.2, -0.15) is 0 Å². The summed E-state index contributed by atoms with van der Waals surface area (Å²) < 4.78 is 0. The van der Waals surface area contributed by atoms with E-state index in [1.165, 1.54) is 11.1 Å². The predicted molar refractivity (Wildman–Crippen MR) is 81.3 cm³/mol. The molecule has 100 valence electrons. The Morgan fingerprint density at radius 2 is 1.53 bits per heavy atom. The van der Waals surface area contributed by atoms with E-state index < -0.39 is 0 Å². The highest BCUT2D eigenvalue weighted by Gasteiger charge is 2.18. The molecule has 0 aliphatic carbocycles. The van der Waals surface area contributed by atoms with Gasteiger partial charge in [-0.1, -0.05) is 48.0 Å². The largest absolute Gasteiger partial charge is 0.271 e. The first-order valence-electron chi connectivity index (χ1n) is 6.33. The van der Waals surface area contributed by atoms with Crippen LogP contribution in [0.1, 0.15) is 33.9 Å². The van der Waals surface area contributed by atoms with Crippen LogP contribution in [-0.2, 0) is 0 Å². The summed E-state index contributed by atoms with van der Waals surface area (Å²) in [7, 11) is 0. The van der Waals surface area contributed by atoms with Crippen molar-refractivity contribution in [3.05, 3.63) is 69.2 Å². The maximum absolute atomic E-state index is 6.41. The van der Waals surface area contributed by atoms with Crippen molar-refractivity contribution in [1.82, 2.24) is 5.43 Å². The molecular formula is C16H19ClN2. The molecule has 0 saturated heterocycles. The molecule has 19 heavy (non-hydrogen) atoms. The fraction of sp³-hybridized carbons (Fsp3) is 0.250. The summed E-state index contributed by atoms with van der Waals surface area (Å²) >= 11 is 6.41. The van der Waals surface area contributed by atoms with Crippen molar-refractivity contribution in [1.29, 1.82) is 0 Å². The molecule has 0 fully saturated rings. The molecule has 2 nitrogen and oxygen atoms in total. The Kier molecular flexibility index (Phi) is 4.25. The second kappa shape index (κ2) is 5.74. The molecule has 0 spiro atoms. The van der Waals surface area contributed by atoms with E-state index in [1.807, 2.05) is 31.2 Å². The van der Waals surface area contributed by atoms with Gasteiger partial charge in [0.15, 0.2) is 0 Å². The Bertz CT molecular complexity index is 542. The van der Waals surface area contributed by atoms with Crippen molar-refractivity contribution >= 4 is 11.6 Å². The van der Waals surface area contributed by atoms with Crippen LogP contribution in [0.2, 0.25) is 5.02 Å². The van der Waals surface area contributed by atoms with Crippen LogP contribution in [0.5, 0.6) is 0 Å². The number of hydrogen-bond donors (Lipinski definition) is 2. The van der Waals surface area contributed by atoms with Crippen LogP contribution in [-0.4, -0.2) is 0 Å². The van der Waals surface area contributed by atoms with Gasteiger partial charge in [-0.05, 0) is 48.6 Å². The average molecular weight is 275 g/mol. The van der Waals surface area contributed by atoms with Crippen LogP contribution in [0.15, 0.2) is 36.4 Å². The molecule has 0 heterocycles. The Morgan fingerprint density at radius 1 is 0.947 bits per heavy atom. The van der Waals surface area contributed by atoms with Crippen LogP contribution in [0.3, 0.4) is 0 Å². The summed E-state index contributed by atoms with van der Waals surface area (Å²) in [5.74, 6) is 5.77. The number of hydrazine groups is 1. The van der Waals surface area contributed by atoms with Crippen molar-refractivity contribution in [2.75, 3.05) is 0 Å². The molecule has 2 rings (SSSR count). The van der Waals surface area contributed by atoms with E-state index in [1.54, 1.807) is 0 Å². The van der Waals surface area contributed by atoms with Crippen molar-refractivity contribution in [2.24, 2.45) is 5.84 Å². The van der Waals surface area contributed by atoms with E-state index in [4.69, 9.17) is 17.4 Å². The lowest BCUT2D eigenvalue weighted by molar-refractivity contribution is 0.633. The van der Waals surface area contributed by atoms with E-state index in [-0.39, 0.29) is 6.04 Å². The summed E-state index contributed by atoms with van der Waals surface area (Å²) in [6, 6.07) is 12.2. The molecule has 0 aliphatic rings. The molecule has 0 aromatic heterocycles. The third kappa shape index (κ3) is 2.66. The number of rotatable bonds is 3. The lowest BCUT2D eigenvalue weighted by Crippen LogP contribution is -2.29. The van der Waals surface area contributed by atoms with Gasteiger partial charge >= 0.3 is 0 Å². The van der Waals surface area contributed by atoms with Gasteiger partial charge in [0.05, 0.1) is 6.04 Å². The lowest BCUT2D eigenvalue weighted by Gasteiger charge is -2.22. The molecule has 2 aromatic rings. The van der Waals surface area contributed by atoms with Crippen LogP contribution < -0.4 is 11.3 Å². The molecule has 3 heteroatoms. The molecule has 3 N–H and O–H groups in total. The van der Waals surface area contributed by atoms with Crippen LogP contribution in [0.25, 0.3) is 0 Å². The van der Waals surface area contributed by atoms with Crippen molar-refractivity contribution in [3.63, 3.8) is 0 Å². The van der Waals surface area contributed by atoms with E-state index in [9.17, 15) is 0 Å². The van der Waals surface area contributed by atoms with E-state index >= 15 is 0 Å². The topological polar surface area (TPSA) is 38.0 Å². The van der Waals surface area contributed by atoms with Gasteiger partial charge < -0.3 is 0 Å². The predicted octanol–water partition coefficient (Wildman–Crippen LogP) is 3.82. The summed E-state index contributed by atoms with van der Waals surface area (Å²) in [6.07, 6.45) is 0. The normalized spacial score (nSPS) is 12.5. The highest BCUT2D eigenvalue weighted by Crippen LogP contribution is 2.32. The number of nitrogens with two attached hydrogens (primary N) is 1. The molecule has 1 atom stereocenters. The second-order valence-electron chi connectivity index (χ2n) is 4.87. The Labute approximate surface area is 119 Å². The Balaban J connectivity index is 2.57. The summed E-state index contributed by atoms with van der Waals surface area (Å²) in [4.78, 5) is 0. The smallest absolute Gasteiger partial charge is 0.0727 e. The van der Waals surface area contributed by atoms with Gasteiger partial charge in [-0.15, -0.1) is 0 Å². The molecule has 0 saturated carbocycles. The molecule has 1 unspecified atom stereocenters. The molecular weight excluding hydrogens is 256 g/mol. The Hall–Kier alpha value is -1.35. The van der Waals surface area contributed by atoms with Gasteiger partial charge in [0.1, 0.15) is 0 Å². The first kappa shape index (κ1) is 14.1. The highest BCUT2D eigenvalue weighted by atomic mass is 35.5. The fourth-order valence-electron chi connectivity index (χ4n) is 2.33. The first-order chi connectivity index (χ1) is 9.06. The lowest BCUT2D eigenvalue weighted by atomic mass is 9.92. The minimum absolute atomic E-state index is 0.0905.